The number of morpholine rings is 1. The Morgan fingerprint density at radius 2 is 1.81 bits per heavy atom. The van der Waals surface area contributed by atoms with E-state index in [0.717, 1.165) is 55.4 Å². The van der Waals surface area contributed by atoms with E-state index in [1.807, 2.05) is 22.6 Å². The van der Waals surface area contributed by atoms with Crippen LogP contribution in [0, 0.1) is 12.8 Å². The van der Waals surface area contributed by atoms with Gasteiger partial charge in [-0.3, -0.25) is 14.2 Å². The Hall–Kier alpha value is -2.48. The largest absolute Gasteiger partial charge is 0.378 e. The number of hydrogen-bond acceptors (Lipinski definition) is 6. The molecule has 0 atom stereocenters. The number of aromatic nitrogens is 3. The van der Waals surface area contributed by atoms with Crippen molar-refractivity contribution in [3.63, 3.8) is 0 Å². The number of anilines is 1. The summed E-state index contributed by atoms with van der Waals surface area (Å²) < 4.78 is 7.26. The van der Waals surface area contributed by atoms with Gasteiger partial charge in [0.1, 0.15) is 5.65 Å². The molecule has 0 radical (unpaired) electrons. The van der Waals surface area contributed by atoms with Crippen molar-refractivity contribution >= 4 is 22.9 Å². The molecule has 0 bridgehead atoms. The van der Waals surface area contributed by atoms with Gasteiger partial charge in [-0.1, -0.05) is 12.8 Å². The lowest BCUT2D eigenvalue weighted by atomic mass is 9.93. The Morgan fingerprint density at radius 1 is 1.09 bits per heavy atom. The maximum absolute atomic E-state index is 12.8. The molecule has 0 aromatic carbocycles. The Bertz CT molecular complexity index is 1030. The number of carbonyl (C=O) groups is 1. The maximum Gasteiger partial charge on any atom is 0.252 e. The number of rotatable bonds is 4. The van der Waals surface area contributed by atoms with Gasteiger partial charge in [-0.2, -0.15) is 4.98 Å². The van der Waals surface area contributed by atoms with Gasteiger partial charge in [-0.25, -0.2) is 4.98 Å². The van der Waals surface area contributed by atoms with Gasteiger partial charge >= 0.3 is 0 Å². The van der Waals surface area contributed by atoms with Crippen LogP contribution in [0.25, 0.3) is 11.0 Å². The van der Waals surface area contributed by atoms with Gasteiger partial charge < -0.3 is 14.5 Å². The van der Waals surface area contributed by atoms with Crippen molar-refractivity contribution < 1.29 is 9.53 Å². The second kappa shape index (κ2) is 9.17. The zero-order valence-corrected chi connectivity index (χ0v) is 19.0. The summed E-state index contributed by atoms with van der Waals surface area (Å²) in [5, 5.41) is 0.964. The van der Waals surface area contributed by atoms with Crippen molar-refractivity contribution in [3.8, 4) is 0 Å². The minimum atomic E-state index is 0.0480. The minimum Gasteiger partial charge on any atom is -0.378 e. The third-order valence-electron chi connectivity index (χ3n) is 7.40. The van der Waals surface area contributed by atoms with Crippen LogP contribution in [0.15, 0.2) is 17.1 Å². The zero-order chi connectivity index (χ0) is 22.1. The third kappa shape index (κ3) is 4.25. The molecule has 32 heavy (non-hydrogen) atoms. The first-order chi connectivity index (χ1) is 15.6. The van der Waals surface area contributed by atoms with E-state index < -0.39 is 0 Å². The van der Waals surface area contributed by atoms with E-state index in [2.05, 4.69) is 9.88 Å². The van der Waals surface area contributed by atoms with Crippen LogP contribution in [0.4, 0.5) is 5.95 Å². The van der Waals surface area contributed by atoms with Gasteiger partial charge in [0.25, 0.3) is 5.56 Å². The molecule has 1 aliphatic carbocycles. The van der Waals surface area contributed by atoms with E-state index >= 15 is 0 Å². The molecule has 5 rings (SSSR count). The van der Waals surface area contributed by atoms with E-state index in [9.17, 15) is 9.59 Å². The van der Waals surface area contributed by atoms with Gasteiger partial charge in [0.15, 0.2) is 0 Å². The van der Waals surface area contributed by atoms with Gasteiger partial charge in [-0.15, -0.1) is 0 Å². The number of fused-ring (bicyclic) bond motifs is 1. The summed E-state index contributed by atoms with van der Waals surface area (Å²) in [5.74, 6) is 1.36. The molecular formula is C24H33N5O3. The third-order valence-corrected chi connectivity index (χ3v) is 7.40. The summed E-state index contributed by atoms with van der Waals surface area (Å²) in [7, 11) is 0. The van der Waals surface area contributed by atoms with Gasteiger partial charge in [0.05, 0.1) is 13.2 Å². The van der Waals surface area contributed by atoms with E-state index in [-0.39, 0.29) is 17.5 Å². The molecule has 3 aliphatic rings. The lowest BCUT2D eigenvalue weighted by molar-refractivity contribution is -0.136. The first kappa shape index (κ1) is 21.4. The number of piperidine rings is 1. The molecule has 172 valence electrons. The van der Waals surface area contributed by atoms with Crippen molar-refractivity contribution in [3.05, 3.63) is 28.2 Å². The highest BCUT2D eigenvalue weighted by Gasteiger charge is 2.27. The van der Waals surface area contributed by atoms with Gasteiger partial charge in [0.2, 0.25) is 11.9 Å². The smallest absolute Gasteiger partial charge is 0.252 e. The number of carbonyl (C=O) groups excluding carboxylic acids is 1. The zero-order valence-electron chi connectivity index (χ0n) is 19.0. The first-order valence-electron chi connectivity index (χ1n) is 12.1. The number of nitrogens with zero attached hydrogens (tertiary/aromatic N) is 5. The second-order valence-electron chi connectivity index (χ2n) is 9.51. The van der Waals surface area contributed by atoms with Crippen LogP contribution in [0.5, 0.6) is 0 Å². The molecule has 0 unspecified atom stereocenters. The fraction of sp³-hybridized carbons (Fsp3) is 0.667. The summed E-state index contributed by atoms with van der Waals surface area (Å²) in [5.41, 5.74) is 1.76. The van der Waals surface area contributed by atoms with Crippen molar-refractivity contribution in [2.75, 3.05) is 44.3 Å². The second-order valence-corrected chi connectivity index (χ2v) is 9.51. The van der Waals surface area contributed by atoms with Crippen LogP contribution in [-0.4, -0.2) is 64.7 Å². The van der Waals surface area contributed by atoms with Gasteiger partial charge in [-0.05, 0) is 44.1 Å². The molecule has 2 aromatic heterocycles. The van der Waals surface area contributed by atoms with Crippen molar-refractivity contribution in [2.24, 2.45) is 5.92 Å². The van der Waals surface area contributed by atoms with Crippen LogP contribution >= 0.6 is 0 Å². The average molecular weight is 440 g/mol. The predicted molar refractivity (Wildman–Crippen MR) is 123 cm³/mol. The predicted octanol–water partition coefficient (Wildman–Crippen LogP) is 2.68. The van der Waals surface area contributed by atoms with Crippen molar-refractivity contribution in [2.45, 2.75) is 57.9 Å². The molecule has 4 heterocycles. The molecule has 1 amide bonds. The first-order valence-corrected chi connectivity index (χ1v) is 12.1. The number of amides is 1. The Balaban J connectivity index is 1.31. The highest BCUT2D eigenvalue weighted by atomic mass is 16.5. The molecule has 0 N–H and O–H groups in total. The highest BCUT2D eigenvalue weighted by Crippen LogP contribution is 2.31. The lowest BCUT2D eigenvalue weighted by Gasteiger charge is -2.33. The lowest BCUT2D eigenvalue weighted by Crippen LogP contribution is -2.42. The fourth-order valence-corrected chi connectivity index (χ4v) is 5.46. The number of ether oxygens (including phenoxy) is 1. The summed E-state index contributed by atoms with van der Waals surface area (Å²) in [6.45, 7) is 6.36. The minimum absolute atomic E-state index is 0.0480. The fourth-order valence-electron chi connectivity index (χ4n) is 5.46. The Morgan fingerprint density at radius 3 is 2.53 bits per heavy atom. The summed E-state index contributed by atoms with van der Waals surface area (Å²) in [6, 6.07) is 1.96. The molecular weight excluding hydrogens is 406 g/mol. The average Bonchev–Trinajstić information content (AvgIpc) is 3.34. The maximum atomic E-state index is 12.8. The van der Waals surface area contributed by atoms with Crippen molar-refractivity contribution in [1.82, 2.24) is 19.4 Å². The van der Waals surface area contributed by atoms with E-state index in [1.54, 1.807) is 6.07 Å². The number of aryl methyl sites for hydroxylation is 1. The Labute approximate surface area is 188 Å². The molecule has 2 aliphatic heterocycles. The molecule has 1 saturated carbocycles. The SMILES string of the molecule is Cc1cc(=O)n(C2CCCC2)c2nc(N3CCC(CC(=O)N4CCOCC4)CC3)ncc12. The summed E-state index contributed by atoms with van der Waals surface area (Å²) >= 11 is 0. The highest BCUT2D eigenvalue weighted by molar-refractivity contribution is 5.79. The van der Waals surface area contributed by atoms with Crippen LogP contribution in [0.1, 0.15) is 56.6 Å². The van der Waals surface area contributed by atoms with Crippen molar-refractivity contribution in [1.29, 1.82) is 0 Å². The van der Waals surface area contributed by atoms with E-state index in [0.29, 0.717) is 44.6 Å². The topological polar surface area (TPSA) is 80.6 Å². The summed E-state index contributed by atoms with van der Waals surface area (Å²) in [4.78, 5) is 39.2. The van der Waals surface area contributed by atoms with Crippen LogP contribution in [-0.2, 0) is 9.53 Å². The molecule has 2 saturated heterocycles. The number of pyridine rings is 1. The normalized spacial score (nSPS) is 20.9. The van der Waals surface area contributed by atoms with E-state index in [4.69, 9.17) is 9.72 Å². The number of hydrogen-bond donors (Lipinski definition) is 0. The quantitative estimate of drug-likeness (QED) is 0.729. The van der Waals surface area contributed by atoms with Crippen LogP contribution < -0.4 is 10.5 Å². The van der Waals surface area contributed by atoms with Gasteiger partial charge in [0, 0.05) is 56.3 Å². The monoisotopic (exact) mass is 439 g/mol. The standard InChI is InChI=1S/C24H33N5O3/c1-17-14-22(31)29(19-4-2-3-5-19)23-20(17)16-25-24(26-23)28-8-6-18(7-9-28)15-21(30)27-10-12-32-13-11-27/h14,16,18-19H,2-13,15H2,1H3. The molecule has 8 heteroatoms. The van der Waals surface area contributed by atoms with Crippen LogP contribution in [0.3, 0.4) is 0 Å². The molecule has 8 nitrogen and oxygen atoms in total. The molecule has 0 spiro atoms. The Kier molecular flexibility index (Phi) is 6.13. The van der Waals surface area contributed by atoms with E-state index in [1.165, 1.54) is 12.8 Å². The molecule has 2 aromatic rings. The summed E-state index contributed by atoms with van der Waals surface area (Å²) in [6.07, 6.45) is 8.84. The molecule has 3 fully saturated rings. The van der Waals surface area contributed by atoms with Crippen LogP contribution in [0.2, 0.25) is 0 Å².